The molecule has 2 N–H and O–H groups in total. The molecule has 0 aliphatic carbocycles. The van der Waals surface area contributed by atoms with Gasteiger partial charge in [0, 0.05) is 25.0 Å². The number of furan rings is 1. The highest BCUT2D eigenvalue weighted by Crippen LogP contribution is 2.30. The van der Waals surface area contributed by atoms with E-state index in [2.05, 4.69) is 5.32 Å². The van der Waals surface area contributed by atoms with E-state index < -0.39 is 12.0 Å². The first kappa shape index (κ1) is 16.3. The molecule has 2 aromatic rings. The highest BCUT2D eigenvalue weighted by molar-refractivity contribution is 6.07. The van der Waals surface area contributed by atoms with Crippen molar-refractivity contribution in [3.8, 4) is 5.75 Å². The zero-order chi connectivity index (χ0) is 17.3. The SMILES string of the molecule is CCOc1ccc2oc(C)c(C(=O)N3CCNC(C(=O)O)C3)c2c1. The fourth-order valence-electron chi connectivity index (χ4n) is 2.98. The van der Waals surface area contributed by atoms with Gasteiger partial charge in [-0.15, -0.1) is 0 Å². The van der Waals surface area contributed by atoms with Crippen molar-refractivity contribution in [2.75, 3.05) is 26.2 Å². The lowest BCUT2D eigenvalue weighted by molar-refractivity contribution is -0.140. The van der Waals surface area contributed by atoms with Crippen molar-refractivity contribution >= 4 is 22.8 Å². The molecule has 7 heteroatoms. The molecule has 0 spiro atoms. The van der Waals surface area contributed by atoms with Gasteiger partial charge < -0.3 is 24.5 Å². The second-order valence-corrected chi connectivity index (χ2v) is 5.72. The minimum atomic E-state index is -0.958. The molecule has 1 unspecified atom stereocenters. The van der Waals surface area contributed by atoms with Crippen molar-refractivity contribution in [1.29, 1.82) is 0 Å². The van der Waals surface area contributed by atoms with E-state index in [0.717, 1.165) is 0 Å². The van der Waals surface area contributed by atoms with Crippen molar-refractivity contribution in [1.82, 2.24) is 10.2 Å². The summed E-state index contributed by atoms with van der Waals surface area (Å²) in [7, 11) is 0. The zero-order valence-corrected chi connectivity index (χ0v) is 13.7. The first-order valence-electron chi connectivity index (χ1n) is 7.92. The molecule has 1 atom stereocenters. The van der Waals surface area contributed by atoms with Gasteiger partial charge in [-0.3, -0.25) is 9.59 Å². The van der Waals surface area contributed by atoms with Crippen LogP contribution in [0, 0.1) is 6.92 Å². The molecule has 1 amide bonds. The van der Waals surface area contributed by atoms with Gasteiger partial charge in [-0.1, -0.05) is 0 Å². The summed E-state index contributed by atoms with van der Waals surface area (Å²) in [4.78, 5) is 25.7. The van der Waals surface area contributed by atoms with Crippen LogP contribution >= 0.6 is 0 Å². The number of aryl methyl sites for hydroxylation is 1. The van der Waals surface area contributed by atoms with Crippen LogP contribution in [-0.4, -0.2) is 54.2 Å². The monoisotopic (exact) mass is 332 g/mol. The van der Waals surface area contributed by atoms with E-state index in [4.69, 9.17) is 14.3 Å². The van der Waals surface area contributed by atoms with Crippen molar-refractivity contribution in [3.63, 3.8) is 0 Å². The third kappa shape index (κ3) is 2.94. The van der Waals surface area contributed by atoms with Crippen molar-refractivity contribution in [2.24, 2.45) is 0 Å². The Bertz CT molecular complexity index is 783. The lowest BCUT2D eigenvalue weighted by atomic mass is 10.1. The van der Waals surface area contributed by atoms with E-state index in [9.17, 15) is 9.59 Å². The van der Waals surface area contributed by atoms with Crippen LogP contribution in [0.3, 0.4) is 0 Å². The Morgan fingerprint density at radius 3 is 2.96 bits per heavy atom. The lowest BCUT2D eigenvalue weighted by Gasteiger charge is -2.31. The summed E-state index contributed by atoms with van der Waals surface area (Å²) in [5.74, 6) is 0.0187. The van der Waals surface area contributed by atoms with Gasteiger partial charge in [-0.2, -0.15) is 0 Å². The number of amides is 1. The number of carboxylic acids is 1. The quantitative estimate of drug-likeness (QED) is 0.884. The number of ether oxygens (including phenoxy) is 1. The number of carbonyl (C=O) groups excluding carboxylic acids is 1. The van der Waals surface area contributed by atoms with Gasteiger partial charge in [0.25, 0.3) is 5.91 Å². The number of benzene rings is 1. The predicted molar refractivity (Wildman–Crippen MR) is 87.5 cm³/mol. The average Bonchev–Trinajstić information content (AvgIpc) is 2.90. The summed E-state index contributed by atoms with van der Waals surface area (Å²) in [6, 6.07) is 4.62. The lowest BCUT2D eigenvalue weighted by Crippen LogP contribution is -2.55. The third-order valence-corrected chi connectivity index (χ3v) is 4.12. The van der Waals surface area contributed by atoms with E-state index in [-0.39, 0.29) is 12.5 Å². The smallest absolute Gasteiger partial charge is 0.322 e. The van der Waals surface area contributed by atoms with Gasteiger partial charge in [0.05, 0.1) is 12.2 Å². The fourth-order valence-corrected chi connectivity index (χ4v) is 2.98. The Balaban J connectivity index is 1.95. The van der Waals surface area contributed by atoms with Crippen LogP contribution in [0.15, 0.2) is 22.6 Å². The first-order valence-corrected chi connectivity index (χ1v) is 7.92. The minimum Gasteiger partial charge on any atom is -0.494 e. The predicted octanol–water partition coefficient (Wildman–Crippen LogP) is 1.64. The van der Waals surface area contributed by atoms with E-state index in [0.29, 0.717) is 47.7 Å². The molecule has 0 bridgehead atoms. The summed E-state index contributed by atoms with van der Waals surface area (Å²) in [6.07, 6.45) is 0. The van der Waals surface area contributed by atoms with Crippen LogP contribution in [0.1, 0.15) is 23.0 Å². The highest BCUT2D eigenvalue weighted by atomic mass is 16.5. The fraction of sp³-hybridized carbons (Fsp3) is 0.412. The number of carbonyl (C=O) groups is 2. The molecule has 24 heavy (non-hydrogen) atoms. The summed E-state index contributed by atoms with van der Waals surface area (Å²) in [5.41, 5.74) is 1.09. The molecule has 0 radical (unpaired) electrons. The summed E-state index contributed by atoms with van der Waals surface area (Å²) in [6.45, 7) is 5.20. The van der Waals surface area contributed by atoms with Gasteiger partial charge in [0.15, 0.2) is 0 Å². The molecule has 0 saturated carbocycles. The maximum absolute atomic E-state index is 12.9. The molecule has 7 nitrogen and oxygen atoms in total. The largest absolute Gasteiger partial charge is 0.494 e. The Morgan fingerprint density at radius 1 is 1.46 bits per heavy atom. The van der Waals surface area contributed by atoms with E-state index in [1.165, 1.54) is 0 Å². The number of fused-ring (bicyclic) bond motifs is 1. The maximum Gasteiger partial charge on any atom is 0.322 e. The van der Waals surface area contributed by atoms with Crippen LogP contribution in [-0.2, 0) is 4.79 Å². The van der Waals surface area contributed by atoms with Gasteiger partial charge >= 0.3 is 5.97 Å². The number of hydrogen-bond acceptors (Lipinski definition) is 5. The summed E-state index contributed by atoms with van der Waals surface area (Å²) in [5, 5.41) is 12.7. The molecule has 2 heterocycles. The summed E-state index contributed by atoms with van der Waals surface area (Å²) >= 11 is 0. The third-order valence-electron chi connectivity index (χ3n) is 4.12. The van der Waals surface area contributed by atoms with E-state index in [1.54, 1.807) is 30.0 Å². The maximum atomic E-state index is 12.9. The number of piperazine rings is 1. The van der Waals surface area contributed by atoms with Gasteiger partial charge in [0.2, 0.25) is 0 Å². The highest BCUT2D eigenvalue weighted by Gasteiger charge is 2.30. The van der Waals surface area contributed by atoms with Crippen LogP contribution in [0.5, 0.6) is 5.75 Å². The van der Waals surface area contributed by atoms with Crippen molar-refractivity contribution < 1.29 is 23.8 Å². The van der Waals surface area contributed by atoms with E-state index >= 15 is 0 Å². The standard InChI is InChI=1S/C17H20N2O5/c1-3-23-11-4-5-14-12(8-11)15(10(2)24-14)16(20)19-7-6-18-13(9-19)17(21)22/h4-5,8,13,18H,3,6-7,9H2,1-2H3,(H,21,22). The molecule has 1 aliphatic rings. The molecule has 128 valence electrons. The van der Waals surface area contributed by atoms with Gasteiger partial charge in [0.1, 0.15) is 23.1 Å². The van der Waals surface area contributed by atoms with Crippen LogP contribution in [0.2, 0.25) is 0 Å². The van der Waals surface area contributed by atoms with Crippen LogP contribution in [0.4, 0.5) is 0 Å². The zero-order valence-electron chi connectivity index (χ0n) is 13.7. The molecule has 1 aromatic carbocycles. The number of rotatable bonds is 4. The van der Waals surface area contributed by atoms with Crippen molar-refractivity contribution in [2.45, 2.75) is 19.9 Å². The second-order valence-electron chi connectivity index (χ2n) is 5.72. The normalized spacial score (nSPS) is 17.9. The van der Waals surface area contributed by atoms with Crippen LogP contribution < -0.4 is 10.1 Å². The Morgan fingerprint density at radius 2 is 2.25 bits per heavy atom. The molecule has 1 aromatic heterocycles. The molecule has 1 fully saturated rings. The molecular weight excluding hydrogens is 312 g/mol. The molecule has 3 rings (SSSR count). The number of hydrogen-bond donors (Lipinski definition) is 2. The van der Waals surface area contributed by atoms with E-state index in [1.807, 2.05) is 6.92 Å². The number of nitrogens with zero attached hydrogens (tertiary/aromatic N) is 1. The van der Waals surface area contributed by atoms with Crippen LogP contribution in [0.25, 0.3) is 11.0 Å². The first-order chi connectivity index (χ1) is 11.5. The number of carboxylic acid groups (broad SMARTS) is 1. The van der Waals surface area contributed by atoms with Gasteiger partial charge in [-0.05, 0) is 32.0 Å². The number of aliphatic carboxylic acids is 1. The average molecular weight is 332 g/mol. The van der Waals surface area contributed by atoms with Crippen molar-refractivity contribution in [3.05, 3.63) is 29.5 Å². The molecular formula is C17H20N2O5. The number of nitrogens with one attached hydrogen (secondary N) is 1. The molecule has 1 saturated heterocycles. The summed E-state index contributed by atoms with van der Waals surface area (Å²) < 4.78 is 11.2. The molecule has 1 aliphatic heterocycles. The topological polar surface area (TPSA) is 92.0 Å². The Labute approximate surface area is 139 Å². The minimum absolute atomic E-state index is 0.130. The Kier molecular flexibility index (Phi) is 4.44. The Hall–Kier alpha value is -2.54. The van der Waals surface area contributed by atoms with Gasteiger partial charge in [-0.25, -0.2) is 0 Å². The second kappa shape index (κ2) is 6.52.